The summed E-state index contributed by atoms with van der Waals surface area (Å²) in [6, 6.07) is 9.91. The van der Waals surface area contributed by atoms with Gasteiger partial charge >= 0.3 is 0 Å². The van der Waals surface area contributed by atoms with Gasteiger partial charge in [-0.2, -0.15) is 0 Å². The number of aliphatic hydroxyl groups excluding tert-OH is 1. The van der Waals surface area contributed by atoms with Gasteiger partial charge in [0.2, 0.25) is 5.91 Å². The van der Waals surface area contributed by atoms with Crippen LogP contribution in [0.3, 0.4) is 0 Å². The Bertz CT molecular complexity index is 1350. The molecule has 2 heterocycles. The smallest absolute Gasteiger partial charge is 0.242 e. The SMILES string of the molecule is CCCC(N[C@H]1CCc2cc(F)cc(F)c2C1)C(=O)Nc1cn(-c2ccccc2CNCCN2CCCC(O)C2)cn1. The number of aliphatic hydroxyl groups is 1. The number of para-hydroxylation sites is 1. The molecule has 1 fully saturated rings. The highest BCUT2D eigenvalue weighted by Crippen LogP contribution is 2.26. The number of benzene rings is 2. The van der Waals surface area contributed by atoms with Gasteiger partial charge in [0.15, 0.2) is 5.82 Å². The van der Waals surface area contributed by atoms with Crippen molar-refractivity contribution in [3.8, 4) is 5.69 Å². The van der Waals surface area contributed by atoms with E-state index < -0.39 is 17.7 Å². The summed E-state index contributed by atoms with van der Waals surface area (Å²) in [6.45, 7) is 6.21. The molecule has 3 aromatic rings. The summed E-state index contributed by atoms with van der Waals surface area (Å²) in [4.78, 5) is 20.0. The Hall–Kier alpha value is -3.18. The van der Waals surface area contributed by atoms with Gasteiger partial charge in [-0.15, -0.1) is 0 Å². The minimum absolute atomic E-state index is 0.0725. The van der Waals surface area contributed by atoms with Gasteiger partial charge in [-0.1, -0.05) is 31.5 Å². The number of aromatic nitrogens is 2. The molecule has 0 radical (unpaired) electrons. The number of piperidine rings is 1. The number of rotatable bonds is 12. The largest absolute Gasteiger partial charge is 0.392 e. The molecule has 10 heteroatoms. The summed E-state index contributed by atoms with van der Waals surface area (Å²) < 4.78 is 30.0. The number of aryl methyl sites for hydroxylation is 1. The van der Waals surface area contributed by atoms with Crippen molar-refractivity contribution in [1.29, 1.82) is 0 Å². The lowest BCUT2D eigenvalue weighted by atomic mass is 9.87. The number of nitrogens with zero attached hydrogens (tertiary/aromatic N) is 3. The second kappa shape index (κ2) is 14.3. The number of carbonyl (C=O) groups excluding carboxylic acids is 1. The summed E-state index contributed by atoms with van der Waals surface area (Å²) in [5, 5.41) is 19.8. The molecule has 1 saturated heterocycles. The number of hydrogen-bond donors (Lipinski definition) is 4. The average molecular weight is 581 g/mol. The van der Waals surface area contributed by atoms with Crippen molar-refractivity contribution in [1.82, 2.24) is 25.1 Å². The number of anilines is 1. The molecule has 8 nitrogen and oxygen atoms in total. The van der Waals surface area contributed by atoms with E-state index in [2.05, 4.69) is 31.9 Å². The molecule has 1 amide bonds. The number of halogens is 2. The van der Waals surface area contributed by atoms with Gasteiger partial charge in [0, 0.05) is 38.3 Å². The molecule has 1 aromatic heterocycles. The fourth-order valence-electron chi connectivity index (χ4n) is 6.13. The van der Waals surface area contributed by atoms with Crippen LogP contribution in [0, 0.1) is 11.6 Å². The molecule has 1 aliphatic heterocycles. The van der Waals surface area contributed by atoms with Crippen molar-refractivity contribution in [2.75, 3.05) is 31.5 Å². The van der Waals surface area contributed by atoms with Gasteiger partial charge in [0.25, 0.3) is 0 Å². The lowest BCUT2D eigenvalue weighted by molar-refractivity contribution is -0.118. The third kappa shape index (κ3) is 7.80. The Morgan fingerprint density at radius 2 is 2.07 bits per heavy atom. The lowest BCUT2D eigenvalue weighted by Gasteiger charge is -2.29. The molecule has 2 aromatic carbocycles. The first-order valence-electron chi connectivity index (χ1n) is 15.2. The van der Waals surface area contributed by atoms with E-state index in [-0.39, 0.29) is 18.1 Å². The number of carbonyl (C=O) groups is 1. The molecule has 0 spiro atoms. The third-order valence-electron chi connectivity index (χ3n) is 8.30. The van der Waals surface area contributed by atoms with Gasteiger partial charge in [-0.25, -0.2) is 13.8 Å². The monoisotopic (exact) mass is 580 g/mol. The quantitative estimate of drug-likeness (QED) is 0.243. The zero-order valence-corrected chi connectivity index (χ0v) is 24.3. The highest BCUT2D eigenvalue weighted by Gasteiger charge is 2.27. The molecule has 0 bridgehead atoms. The van der Waals surface area contributed by atoms with Crippen molar-refractivity contribution in [2.45, 2.75) is 76.6 Å². The van der Waals surface area contributed by atoms with Crippen LogP contribution >= 0.6 is 0 Å². The van der Waals surface area contributed by atoms with Crippen LogP contribution in [0.5, 0.6) is 0 Å². The Balaban J connectivity index is 1.17. The second-order valence-corrected chi connectivity index (χ2v) is 11.5. The average Bonchev–Trinajstić information content (AvgIpc) is 3.44. The third-order valence-corrected chi connectivity index (χ3v) is 8.30. The molecular weight excluding hydrogens is 538 g/mol. The predicted octanol–water partition coefficient (Wildman–Crippen LogP) is 3.95. The maximum absolute atomic E-state index is 14.4. The zero-order valence-electron chi connectivity index (χ0n) is 24.3. The van der Waals surface area contributed by atoms with Crippen molar-refractivity contribution in [3.63, 3.8) is 0 Å². The number of imidazole rings is 1. The van der Waals surface area contributed by atoms with Crippen LogP contribution in [-0.2, 0) is 24.2 Å². The summed E-state index contributed by atoms with van der Waals surface area (Å²) in [5.74, 6) is -0.778. The van der Waals surface area contributed by atoms with Crippen LogP contribution in [0.15, 0.2) is 48.9 Å². The van der Waals surface area contributed by atoms with Crippen molar-refractivity contribution >= 4 is 11.7 Å². The first kappa shape index (κ1) is 30.3. The van der Waals surface area contributed by atoms with Gasteiger partial charge in [0.1, 0.15) is 18.0 Å². The van der Waals surface area contributed by atoms with E-state index in [1.165, 1.54) is 6.07 Å². The first-order chi connectivity index (χ1) is 20.4. The Labute approximate surface area is 246 Å². The number of likely N-dealkylation sites (tertiary alicyclic amines) is 1. The van der Waals surface area contributed by atoms with Crippen LogP contribution < -0.4 is 16.0 Å². The van der Waals surface area contributed by atoms with E-state index in [4.69, 9.17) is 0 Å². The summed E-state index contributed by atoms with van der Waals surface area (Å²) >= 11 is 0. The topological polar surface area (TPSA) is 94.5 Å². The van der Waals surface area contributed by atoms with Crippen LogP contribution in [0.4, 0.5) is 14.6 Å². The molecule has 226 valence electrons. The Morgan fingerprint density at radius 1 is 1.21 bits per heavy atom. The van der Waals surface area contributed by atoms with E-state index in [1.54, 1.807) is 6.33 Å². The number of amides is 1. The molecule has 42 heavy (non-hydrogen) atoms. The zero-order chi connectivity index (χ0) is 29.5. The van der Waals surface area contributed by atoms with Crippen molar-refractivity contribution in [3.05, 3.63) is 77.2 Å². The normalized spacial score (nSPS) is 19.8. The first-order valence-corrected chi connectivity index (χ1v) is 15.2. The van der Waals surface area contributed by atoms with E-state index in [1.807, 2.05) is 35.9 Å². The van der Waals surface area contributed by atoms with Crippen molar-refractivity contribution < 1.29 is 18.7 Å². The number of fused-ring (bicyclic) bond motifs is 1. The summed E-state index contributed by atoms with van der Waals surface area (Å²) in [6.07, 6.45) is 8.37. The minimum Gasteiger partial charge on any atom is -0.392 e. The second-order valence-electron chi connectivity index (χ2n) is 11.5. The molecule has 1 aliphatic carbocycles. The van der Waals surface area contributed by atoms with Crippen LogP contribution in [-0.4, -0.2) is 69.8 Å². The van der Waals surface area contributed by atoms with Gasteiger partial charge in [-0.3, -0.25) is 9.69 Å². The molecule has 2 aliphatic rings. The Morgan fingerprint density at radius 3 is 2.90 bits per heavy atom. The maximum Gasteiger partial charge on any atom is 0.242 e. The highest BCUT2D eigenvalue weighted by atomic mass is 19.1. The molecule has 2 unspecified atom stereocenters. The predicted molar refractivity (Wildman–Crippen MR) is 160 cm³/mol. The van der Waals surface area contributed by atoms with Crippen molar-refractivity contribution in [2.24, 2.45) is 0 Å². The molecule has 3 atom stereocenters. The van der Waals surface area contributed by atoms with E-state index in [0.29, 0.717) is 49.2 Å². The lowest BCUT2D eigenvalue weighted by Crippen LogP contribution is -2.48. The number of nitrogens with one attached hydrogen (secondary N) is 3. The summed E-state index contributed by atoms with van der Waals surface area (Å²) in [7, 11) is 0. The fraction of sp³-hybridized carbons (Fsp3) is 0.500. The van der Waals surface area contributed by atoms with Crippen LogP contribution in [0.25, 0.3) is 5.69 Å². The van der Waals surface area contributed by atoms with E-state index in [9.17, 15) is 18.7 Å². The van der Waals surface area contributed by atoms with Crippen LogP contribution in [0.1, 0.15) is 55.7 Å². The number of hydrogen-bond acceptors (Lipinski definition) is 6. The van der Waals surface area contributed by atoms with Gasteiger partial charge < -0.3 is 25.6 Å². The van der Waals surface area contributed by atoms with Crippen LogP contribution in [0.2, 0.25) is 0 Å². The van der Waals surface area contributed by atoms with E-state index in [0.717, 1.165) is 62.8 Å². The number of β-amino-alcohol motifs (C(OH)–C–C–N with tert-alkyl or cyclic N) is 1. The Kier molecular flexibility index (Phi) is 10.3. The van der Waals surface area contributed by atoms with Gasteiger partial charge in [0.05, 0.1) is 24.0 Å². The molecule has 5 rings (SSSR count). The molecule has 4 N–H and O–H groups in total. The maximum atomic E-state index is 14.4. The molecular formula is C32H42F2N6O2. The van der Waals surface area contributed by atoms with E-state index >= 15 is 0 Å². The molecule has 0 saturated carbocycles. The fourth-order valence-corrected chi connectivity index (χ4v) is 6.13. The highest BCUT2D eigenvalue weighted by molar-refractivity contribution is 5.94. The standard InChI is InChI=1S/C32H42F2N6O2/c1-2-6-29(37-25-11-10-22-15-24(33)16-28(34)27(22)17-25)32(42)38-31-20-40(21-36-31)30-9-4-3-7-23(30)18-35-12-14-39-13-5-8-26(41)19-39/h3-4,7,9,15-16,20-21,25-26,29,35,37,41H,2,5-6,8,10-14,17-19H2,1H3,(H,38,42)/t25-,26?,29?/m0/s1. The van der Waals surface area contributed by atoms with Gasteiger partial charge in [-0.05, 0) is 73.9 Å². The minimum atomic E-state index is -0.548. The summed E-state index contributed by atoms with van der Waals surface area (Å²) in [5.41, 5.74) is 3.34.